The summed E-state index contributed by atoms with van der Waals surface area (Å²) < 4.78 is 11.1. The Morgan fingerprint density at radius 1 is 1.00 bits per heavy atom. The van der Waals surface area contributed by atoms with E-state index in [2.05, 4.69) is 17.2 Å². The van der Waals surface area contributed by atoms with Gasteiger partial charge < -0.3 is 20.1 Å². The third-order valence-electron chi connectivity index (χ3n) is 3.30. The lowest BCUT2D eigenvalue weighted by atomic mass is 10.3. The standard InChI is InChI=1S/C21H26N2O3/c1-15(2)14-25-19-9-5-17(6-10-19)22-13-21(24)23-18-7-11-20(12-8-18)26-16(3)4/h5-12,16,22H,1,13-14H2,2-4H3,(H,23,24). The summed E-state index contributed by atoms with van der Waals surface area (Å²) in [6, 6.07) is 14.8. The maximum absolute atomic E-state index is 12.1. The van der Waals surface area contributed by atoms with E-state index < -0.39 is 0 Å². The molecular weight excluding hydrogens is 328 g/mol. The molecule has 138 valence electrons. The summed E-state index contributed by atoms with van der Waals surface area (Å²) in [5, 5.41) is 5.93. The van der Waals surface area contributed by atoms with Gasteiger partial charge in [-0.2, -0.15) is 0 Å². The fraction of sp³-hybridized carbons (Fsp3) is 0.286. The average molecular weight is 354 g/mol. The van der Waals surface area contributed by atoms with Crippen molar-refractivity contribution in [2.45, 2.75) is 26.9 Å². The Morgan fingerprint density at radius 3 is 2.15 bits per heavy atom. The second kappa shape index (κ2) is 9.51. The van der Waals surface area contributed by atoms with Gasteiger partial charge in [0.1, 0.15) is 18.1 Å². The monoisotopic (exact) mass is 354 g/mol. The number of amides is 1. The molecule has 0 saturated heterocycles. The predicted octanol–water partition coefficient (Wildman–Crippen LogP) is 4.48. The van der Waals surface area contributed by atoms with E-state index >= 15 is 0 Å². The van der Waals surface area contributed by atoms with Crippen LogP contribution in [-0.4, -0.2) is 25.2 Å². The number of benzene rings is 2. The number of rotatable bonds is 9. The fourth-order valence-corrected chi connectivity index (χ4v) is 2.15. The van der Waals surface area contributed by atoms with Gasteiger partial charge in [-0.05, 0) is 74.9 Å². The maximum atomic E-state index is 12.1. The van der Waals surface area contributed by atoms with Crippen molar-refractivity contribution in [3.8, 4) is 11.5 Å². The first kappa shape index (κ1) is 19.4. The van der Waals surface area contributed by atoms with Crippen molar-refractivity contribution < 1.29 is 14.3 Å². The summed E-state index contributed by atoms with van der Waals surface area (Å²) >= 11 is 0. The highest BCUT2D eigenvalue weighted by Crippen LogP contribution is 2.18. The summed E-state index contributed by atoms with van der Waals surface area (Å²) in [5.74, 6) is 1.43. The zero-order valence-corrected chi connectivity index (χ0v) is 15.5. The number of nitrogens with one attached hydrogen (secondary N) is 2. The molecule has 26 heavy (non-hydrogen) atoms. The summed E-state index contributed by atoms with van der Waals surface area (Å²) in [7, 11) is 0. The van der Waals surface area contributed by atoms with Crippen LogP contribution in [0.4, 0.5) is 11.4 Å². The van der Waals surface area contributed by atoms with E-state index in [1.54, 1.807) is 0 Å². The molecule has 0 radical (unpaired) electrons. The predicted molar refractivity (Wildman–Crippen MR) is 106 cm³/mol. The van der Waals surface area contributed by atoms with Crippen LogP contribution in [0.25, 0.3) is 0 Å². The summed E-state index contributed by atoms with van der Waals surface area (Å²) in [6.07, 6.45) is 0.122. The molecule has 0 fully saturated rings. The van der Waals surface area contributed by atoms with E-state index in [1.807, 2.05) is 69.3 Å². The van der Waals surface area contributed by atoms with Crippen LogP contribution in [0.2, 0.25) is 0 Å². The van der Waals surface area contributed by atoms with Gasteiger partial charge in [-0.1, -0.05) is 6.58 Å². The van der Waals surface area contributed by atoms with Crippen LogP contribution >= 0.6 is 0 Å². The summed E-state index contributed by atoms with van der Waals surface area (Å²) in [5.41, 5.74) is 2.55. The first-order chi connectivity index (χ1) is 12.4. The highest BCUT2D eigenvalue weighted by molar-refractivity contribution is 5.93. The van der Waals surface area contributed by atoms with Gasteiger partial charge in [-0.15, -0.1) is 0 Å². The molecule has 2 aromatic rings. The van der Waals surface area contributed by atoms with Gasteiger partial charge in [0.25, 0.3) is 0 Å². The van der Waals surface area contributed by atoms with Crippen LogP contribution in [0.15, 0.2) is 60.7 Å². The molecule has 0 aromatic heterocycles. The second-order valence-corrected chi connectivity index (χ2v) is 6.36. The number of hydrogen-bond donors (Lipinski definition) is 2. The Bertz CT molecular complexity index is 722. The van der Waals surface area contributed by atoms with Gasteiger partial charge in [-0.3, -0.25) is 4.79 Å². The van der Waals surface area contributed by atoms with E-state index in [0.29, 0.717) is 6.61 Å². The molecule has 0 saturated carbocycles. The van der Waals surface area contributed by atoms with Crippen LogP contribution in [0, 0.1) is 0 Å². The molecule has 2 aromatic carbocycles. The Labute approximate surface area is 155 Å². The molecule has 5 heteroatoms. The molecule has 0 aliphatic heterocycles. The van der Waals surface area contributed by atoms with Crippen molar-refractivity contribution >= 4 is 17.3 Å². The van der Waals surface area contributed by atoms with Gasteiger partial charge in [0, 0.05) is 11.4 Å². The Hall–Kier alpha value is -2.95. The molecule has 1 amide bonds. The number of carbonyl (C=O) groups is 1. The lowest BCUT2D eigenvalue weighted by Gasteiger charge is -2.11. The normalized spacial score (nSPS) is 10.3. The highest BCUT2D eigenvalue weighted by Gasteiger charge is 2.04. The molecule has 0 bridgehead atoms. The maximum Gasteiger partial charge on any atom is 0.243 e. The zero-order valence-electron chi connectivity index (χ0n) is 15.5. The van der Waals surface area contributed by atoms with E-state index in [-0.39, 0.29) is 18.6 Å². The minimum absolute atomic E-state index is 0.120. The third kappa shape index (κ3) is 6.89. The SMILES string of the molecule is C=C(C)COc1ccc(NCC(=O)Nc2ccc(OC(C)C)cc2)cc1. The Morgan fingerprint density at radius 2 is 1.58 bits per heavy atom. The minimum atomic E-state index is -0.120. The summed E-state index contributed by atoms with van der Waals surface area (Å²) in [4.78, 5) is 12.1. The highest BCUT2D eigenvalue weighted by atomic mass is 16.5. The molecule has 0 heterocycles. The van der Waals surface area contributed by atoms with Crippen LogP contribution in [0.5, 0.6) is 11.5 Å². The molecule has 5 nitrogen and oxygen atoms in total. The van der Waals surface area contributed by atoms with E-state index in [1.165, 1.54) is 0 Å². The van der Waals surface area contributed by atoms with Crippen molar-refractivity contribution in [3.05, 3.63) is 60.7 Å². The number of ether oxygens (including phenoxy) is 2. The van der Waals surface area contributed by atoms with E-state index in [9.17, 15) is 4.79 Å². The third-order valence-corrected chi connectivity index (χ3v) is 3.30. The number of anilines is 2. The van der Waals surface area contributed by atoms with Gasteiger partial charge >= 0.3 is 0 Å². The van der Waals surface area contributed by atoms with Gasteiger partial charge in [0.2, 0.25) is 5.91 Å². The van der Waals surface area contributed by atoms with E-state index in [4.69, 9.17) is 9.47 Å². The second-order valence-electron chi connectivity index (χ2n) is 6.36. The van der Waals surface area contributed by atoms with Crippen molar-refractivity contribution in [2.24, 2.45) is 0 Å². The van der Waals surface area contributed by atoms with Gasteiger partial charge in [0.15, 0.2) is 0 Å². The van der Waals surface area contributed by atoms with Crippen molar-refractivity contribution in [3.63, 3.8) is 0 Å². The lowest BCUT2D eigenvalue weighted by Crippen LogP contribution is -2.21. The molecular formula is C21H26N2O3. The fourth-order valence-electron chi connectivity index (χ4n) is 2.15. The average Bonchev–Trinajstić information content (AvgIpc) is 2.60. The lowest BCUT2D eigenvalue weighted by molar-refractivity contribution is -0.114. The van der Waals surface area contributed by atoms with Gasteiger partial charge in [-0.25, -0.2) is 0 Å². The number of carbonyl (C=O) groups excluding carboxylic acids is 1. The van der Waals surface area contributed by atoms with E-state index in [0.717, 1.165) is 28.4 Å². The smallest absolute Gasteiger partial charge is 0.243 e. The molecule has 0 aliphatic carbocycles. The van der Waals surface area contributed by atoms with Crippen LogP contribution in [-0.2, 0) is 4.79 Å². The van der Waals surface area contributed by atoms with Crippen LogP contribution in [0.3, 0.4) is 0 Å². The van der Waals surface area contributed by atoms with Crippen molar-refractivity contribution in [1.29, 1.82) is 0 Å². The van der Waals surface area contributed by atoms with Crippen molar-refractivity contribution in [2.75, 3.05) is 23.8 Å². The zero-order chi connectivity index (χ0) is 18.9. The molecule has 0 spiro atoms. The first-order valence-corrected chi connectivity index (χ1v) is 8.60. The topological polar surface area (TPSA) is 59.6 Å². The Kier molecular flexibility index (Phi) is 7.09. The minimum Gasteiger partial charge on any atom is -0.491 e. The molecule has 0 aliphatic rings. The van der Waals surface area contributed by atoms with Crippen LogP contribution in [0.1, 0.15) is 20.8 Å². The molecule has 2 rings (SSSR count). The summed E-state index contributed by atoms with van der Waals surface area (Å²) in [6.45, 7) is 10.3. The largest absolute Gasteiger partial charge is 0.491 e. The van der Waals surface area contributed by atoms with Crippen LogP contribution < -0.4 is 20.1 Å². The quantitative estimate of drug-likeness (QED) is 0.652. The molecule has 0 unspecified atom stereocenters. The first-order valence-electron chi connectivity index (χ1n) is 8.60. The molecule has 0 atom stereocenters. The molecule has 2 N–H and O–H groups in total. The number of hydrogen-bond acceptors (Lipinski definition) is 4. The van der Waals surface area contributed by atoms with Crippen molar-refractivity contribution in [1.82, 2.24) is 0 Å². The Balaban J connectivity index is 1.78. The van der Waals surface area contributed by atoms with Gasteiger partial charge in [0.05, 0.1) is 12.6 Å².